The quantitative estimate of drug-likeness (QED) is 0.480. The molecule has 1 saturated heterocycles. The lowest BCUT2D eigenvalue weighted by atomic mass is 10.0. The molecule has 0 radical (unpaired) electrons. The molecule has 2 aliphatic heterocycles. The van der Waals surface area contributed by atoms with Gasteiger partial charge in [-0.3, -0.25) is 14.8 Å². The smallest absolute Gasteiger partial charge is 0.391 e. The van der Waals surface area contributed by atoms with Crippen LogP contribution in [0.3, 0.4) is 0 Å². The van der Waals surface area contributed by atoms with E-state index in [1.54, 1.807) is 19.3 Å². The normalized spacial score (nSPS) is 24.7. The van der Waals surface area contributed by atoms with Crippen molar-refractivity contribution in [1.29, 1.82) is 0 Å². The second-order valence-electron chi connectivity index (χ2n) is 8.36. The third kappa shape index (κ3) is 7.78. The van der Waals surface area contributed by atoms with E-state index in [0.717, 1.165) is 50.2 Å². The number of fused-ring (bicyclic) bond motifs is 1. The first kappa shape index (κ1) is 26.1. The molecule has 2 aliphatic rings. The lowest BCUT2D eigenvalue weighted by Crippen LogP contribution is -2.28. The number of aromatic nitrogens is 2. The fraction of sp³-hybridized carbons (Fsp3) is 0.417. The molecule has 1 fully saturated rings. The van der Waals surface area contributed by atoms with Gasteiger partial charge in [-0.15, -0.1) is 0 Å². The largest absolute Gasteiger partial charge is 0.416 e. The molecule has 2 unspecified atom stereocenters. The number of benzene rings is 1. The van der Waals surface area contributed by atoms with Crippen molar-refractivity contribution in [2.24, 2.45) is 15.9 Å². The number of hydrazine groups is 1. The van der Waals surface area contributed by atoms with Gasteiger partial charge in [-0.2, -0.15) is 13.2 Å². The number of nitrogens with zero attached hydrogens (tertiary/aromatic N) is 3. The molecule has 11 heteroatoms. The number of aliphatic imine (C=N–C) groups is 2. The Labute approximate surface area is 201 Å². The van der Waals surface area contributed by atoms with Gasteiger partial charge in [0.2, 0.25) is 0 Å². The standard InChI is InChI=1S/C12H12F3N5.C12H18N2O/c1-16-10-5-9(19-20-10)11-17-7-3-2-6(12(13,14)15)4-8(7)18-11;1-11-4-7-13-6-2-3-12(10-15)9-14-8-5-11/h2-4,9,19H,5H2,1H3,(H,16,20)(H,17,18);2-3,6,9-11,13H,4-5,7-8H2,1H3/b;6-2+,12-3+,14-9?. The van der Waals surface area contributed by atoms with Gasteiger partial charge in [0.15, 0.2) is 6.29 Å². The van der Waals surface area contributed by atoms with E-state index in [1.807, 2.05) is 12.3 Å². The van der Waals surface area contributed by atoms with Gasteiger partial charge in [-0.05, 0) is 55.3 Å². The summed E-state index contributed by atoms with van der Waals surface area (Å²) >= 11 is 0. The molecule has 8 nitrogen and oxygen atoms in total. The van der Waals surface area contributed by atoms with Crippen LogP contribution in [0, 0.1) is 5.92 Å². The van der Waals surface area contributed by atoms with Crippen molar-refractivity contribution in [3.8, 4) is 0 Å². The summed E-state index contributed by atoms with van der Waals surface area (Å²) in [5, 5.41) is 3.19. The molecular weight excluding hydrogens is 459 g/mol. The summed E-state index contributed by atoms with van der Waals surface area (Å²) in [5.74, 6) is 2.04. The summed E-state index contributed by atoms with van der Waals surface area (Å²) in [6.07, 6.45) is 6.42. The van der Waals surface area contributed by atoms with Gasteiger partial charge in [0.25, 0.3) is 0 Å². The van der Waals surface area contributed by atoms with E-state index in [4.69, 9.17) is 0 Å². The predicted molar refractivity (Wildman–Crippen MR) is 131 cm³/mol. The Morgan fingerprint density at radius 3 is 2.77 bits per heavy atom. The van der Waals surface area contributed by atoms with Crippen molar-refractivity contribution in [3.63, 3.8) is 0 Å². The van der Waals surface area contributed by atoms with Crippen LogP contribution in [0.2, 0.25) is 0 Å². The van der Waals surface area contributed by atoms with Crippen LogP contribution < -0.4 is 16.2 Å². The van der Waals surface area contributed by atoms with Crippen LogP contribution in [-0.4, -0.2) is 48.4 Å². The maximum Gasteiger partial charge on any atom is 0.416 e. The number of alkyl halides is 3. The summed E-state index contributed by atoms with van der Waals surface area (Å²) in [6.45, 7) is 4.00. The highest BCUT2D eigenvalue weighted by Gasteiger charge is 2.31. The molecule has 0 aliphatic carbocycles. The number of hydrogen-bond donors (Lipinski definition) is 4. The number of allylic oxidation sites excluding steroid dienone is 3. The number of aromatic amines is 1. The predicted octanol–water partition coefficient (Wildman–Crippen LogP) is 3.86. The zero-order valence-corrected chi connectivity index (χ0v) is 19.7. The zero-order chi connectivity index (χ0) is 25.3. The molecule has 3 heterocycles. The number of aldehydes is 1. The van der Waals surface area contributed by atoms with E-state index >= 15 is 0 Å². The highest BCUT2D eigenvalue weighted by Crippen LogP contribution is 2.31. The van der Waals surface area contributed by atoms with E-state index in [0.29, 0.717) is 34.8 Å². The van der Waals surface area contributed by atoms with Crippen molar-refractivity contribution in [1.82, 2.24) is 26.1 Å². The number of carbonyl (C=O) groups is 1. The Morgan fingerprint density at radius 1 is 1.23 bits per heavy atom. The van der Waals surface area contributed by atoms with Gasteiger partial charge < -0.3 is 15.7 Å². The maximum absolute atomic E-state index is 12.6. The van der Waals surface area contributed by atoms with Gasteiger partial charge in [0, 0.05) is 38.3 Å². The number of rotatable bonds is 2. The SMILES string of the molecule is CC1CCN=C/C(C=O)=C\C=C\NCC1.CN=C1CC(c2nc3ccc(C(F)(F)F)cc3[nH]2)NN1. The summed E-state index contributed by atoms with van der Waals surface area (Å²) in [5.41, 5.74) is 6.69. The van der Waals surface area contributed by atoms with Crippen LogP contribution in [0.15, 0.2) is 52.1 Å². The second kappa shape index (κ2) is 12.3. The monoisotopic (exact) mass is 489 g/mol. The van der Waals surface area contributed by atoms with Crippen molar-refractivity contribution in [3.05, 3.63) is 53.5 Å². The molecule has 1 aromatic carbocycles. The van der Waals surface area contributed by atoms with Gasteiger partial charge >= 0.3 is 6.18 Å². The minimum Gasteiger partial charge on any atom is -0.391 e. The Hall–Kier alpha value is -3.47. The van der Waals surface area contributed by atoms with E-state index < -0.39 is 11.7 Å². The zero-order valence-electron chi connectivity index (χ0n) is 19.7. The second-order valence-corrected chi connectivity index (χ2v) is 8.36. The lowest BCUT2D eigenvalue weighted by molar-refractivity contribution is -0.137. The van der Waals surface area contributed by atoms with Crippen LogP contribution >= 0.6 is 0 Å². The van der Waals surface area contributed by atoms with E-state index in [1.165, 1.54) is 6.07 Å². The summed E-state index contributed by atoms with van der Waals surface area (Å²) in [7, 11) is 1.67. The van der Waals surface area contributed by atoms with Crippen molar-refractivity contribution >= 4 is 29.4 Å². The first-order valence-electron chi connectivity index (χ1n) is 11.4. The Kier molecular flexibility index (Phi) is 9.18. The first-order valence-corrected chi connectivity index (χ1v) is 11.4. The summed E-state index contributed by atoms with van der Waals surface area (Å²) < 4.78 is 37.9. The number of H-pyrrole nitrogens is 1. The molecule has 35 heavy (non-hydrogen) atoms. The summed E-state index contributed by atoms with van der Waals surface area (Å²) in [4.78, 5) is 26.1. The Morgan fingerprint density at radius 2 is 2.06 bits per heavy atom. The third-order valence-electron chi connectivity index (χ3n) is 5.63. The number of imidazole rings is 1. The van der Waals surface area contributed by atoms with Crippen molar-refractivity contribution in [2.45, 2.75) is 38.4 Å². The van der Waals surface area contributed by atoms with Gasteiger partial charge in [-0.25, -0.2) is 10.4 Å². The third-order valence-corrected chi connectivity index (χ3v) is 5.63. The van der Waals surface area contributed by atoms with Crippen LogP contribution in [-0.2, 0) is 11.0 Å². The molecule has 4 rings (SSSR count). The Balaban J connectivity index is 0.000000205. The highest BCUT2D eigenvalue weighted by molar-refractivity contribution is 6.02. The number of halogens is 3. The minimum absolute atomic E-state index is 0.129. The van der Waals surface area contributed by atoms with Crippen LogP contribution in [0.25, 0.3) is 11.0 Å². The molecule has 2 aromatic rings. The number of amidine groups is 1. The molecule has 0 spiro atoms. The van der Waals surface area contributed by atoms with Gasteiger partial charge in [0.1, 0.15) is 11.7 Å². The van der Waals surface area contributed by atoms with E-state index in [9.17, 15) is 18.0 Å². The lowest BCUT2D eigenvalue weighted by Gasteiger charge is -2.09. The fourth-order valence-corrected chi connectivity index (χ4v) is 3.51. The van der Waals surface area contributed by atoms with Crippen molar-refractivity contribution in [2.75, 3.05) is 20.1 Å². The highest BCUT2D eigenvalue weighted by atomic mass is 19.4. The fourth-order valence-electron chi connectivity index (χ4n) is 3.51. The van der Waals surface area contributed by atoms with Crippen LogP contribution in [0.4, 0.5) is 13.2 Å². The molecule has 4 N–H and O–H groups in total. The molecule has 0 bridgehead atoms. The summed E-state index contributed by atoms with van der Waals surface area (Å²) in [6, 6.07) is 3.35. The maximum atomic E-state index is 12.6. The molecular formula is C24H30F3N7O. The van der Waals surface area contributed by atoms with E-state index in [-0.39, 0.29) is 6.04 Å². The minimum atomic E-state index is -4.35. The number of hydrogen-bond acceptors (Lipinski definition) is 6. The molecule has 2 atom stereocenters. The first-order chi connectivity index (χ1) is 16.8. The van der Waals surface area contributed by atoms with Crippen LogP contribution in [0.1, 0.15) is 43.6 Å². The van der Waals surface area contributed by atoms with E-state index in [2.05, 4.69) is 43.0 Å². The molecule has 0 saturated carbocycles. The Bertz CT molecular complexity index is 1120. The number of nitrogens with one attached hydrogen (secondary N) is 4. The average molecular weight is 490 g/mol. The number of carbonyl (C=O) groups excluding carboxylic acids is 1. The van der Waals surface area contributed by atoms with Crippen LogP contribution in [0.5, 0.6) is 0 Å². The van der Waals surface area contributed by atoms with Crippen molar-refractivity contribution < 1.29 is 18.0 Å². The molecule has 0 amide bonds. The molecule has 188 valence electrons. The van der Waals surface area contributed by atoms with Gasteiger partial charge in [-0.1, -0.05) is 6.92 Å². The van der Waals surface area contributed by atoms with Gasteiger partial charge in [0.05, 0.1) is 22.6 Å². The topological polar surface area (TPSA) is 107 Å². The average Bonchev–Trinajstić information content (AvgIpc) is 3.47. The molecule has 1 aromatic heterocycles.